The van der Waals surface area contributed by atoms with E-state index in [9.17, 15) is 4.79 Å². The minimum Gasteiger partial charge on any atom is -0.494 e. The third kappa shape index (κ3) is 4.73. The molecule has 0 saturated carbocycles. The van der Waals surface area contributed by atoms with Crippen molar-refractivity contribution in [3.05, 3.63) is 88.7 Å². The molecule has 34 heavy (non-hydrogen) atoms. The van der Waals surface area contributed by atoms with Crippen LogP contribution in [0.3, 0.4) is 0 Å². The van der Waals surface area contributed by atoms with Crippen molar-refractivity contribution in [1.29, 1.82) is 0 Å². The number of hydrogen-bond acceptors (Lipinski definition) is 3. The van der Waals surface area contributed by atoms with Gasteiger partial charge in [-0.25, -0.2) is 4.98 Å². The summed E-state index contributed by atoms with van der Waals surface area (Å²) < 4.78 is 9.18. The first kappa shape index (κ1) is 22.7. The highest BCUT2D eigenvalue weighted by atomic mass is 79.9. The molecule has 1 fully saturated rings. The number of nitrogens with zero attached hydrogens (tertiary/aromatic N) is 3. The van der Waals surface area contributed by atoms with Crippen molar-refractivity contribution in [2.75, 3.05) is 18.1 Å². The van der Waals surface area contributed by atoms with Gasteiger partial charge in [0.15, 0.2) is 0 Å². The molecule has 1 aromatic heterocycles. The average molecular weight is 518 g/mol. The van der Waals surface area contributed by atoms with E-state index < -0.39 is 0 Å². The summed E-state index contributed by atoms with van der Waals surface area (Å²) in [6, 6.07) is 24.3. The monoisotopic (exact) mass is 517 g/mol. The van der Waals surface area contributed by atoms with E-state index in [-0.39, 0.29) is 11.8 Å². The number of unbranched alkanes of at least 4 members (excludes halogenated alkanes) is 1. The Kier molecular flexibility index (Phi) is 6.68. The first-order chi connectivity index (χ1) is 16.6. The Morgan fingerprint density at radius 1 is 1.03 bits per heavy atom. The van der Waals surface area contributed by atoms with Crippen LogP contribution in [-0.2, 0) is 11.3 Å². The summed E-state index contributed by atoms with van der Waals surface area (Å²) in [5.41, 5.74) is 4.24. The summed E-state index contributed by atoms with van der Waals surface area (Å²) in [6.07, 6.45) is 2.40. The van der Waals surface area contributed by atoms with Crippen LogP contribution in [0.2, 0.25) is 0 Å². The topological polar surface area (TPSA) is 47.4 Å². The molecule has 0 N–H and O–H groups in total. The fourth-order valence-electron chi connectivity index (χ4n) is 4.69. The quantitative estimate of drug-likeness (QED) is 0.251. The first-order valence-corrected chi connectivity index (χ1v) is 12.6. The van der Waals surface area contributed by atoms with Gasteiger partial charge in [0.25, 0.3) is 0 Å². The molecule has 6 heteroatoms. The first-order valence-electron chi connectivity index (χ1n) is 11.8. The van der Waals surface area contributed by atoms with Crippen LogP contribution in [0.4, 0.5) is 5.69 Å². The minimum absolute atomic E-state index is 0.0653. The lowest BCUT2D eigenvalue weighted by molar-refractivity contribution is -0.117. The van der Waals surface area contributed by atoms with Gasteiger partial charge < -0.3 is 14.2 Å². The zero-order valence-corrected chi connectivity index (χ0v) is 20.9. The van der Waals surface area contributed by atoms with Gasteiger partial charge in [-0.1, -0.05) is 36.4 Å². The lowest BCUT2D eigenvalue weighted by Crippen LogP contribution is -2.25. The van der Waals surface area contributed by atoms with Crippen molar-refractivity contribution in [3.8, 4) is 5.75 Å². The van der Waals surface area contributed by atoms with Crippen LogP contribution >= 0.6 is 15.9 Å². The van der Waals surface area contributed by atoms with Crippen molar-refractivity contribution < 1.29 is 9.53 Å². The summed E-state index contributed by atoms with van der Waals surface area (Å²) >= 11 is 3.60. The smallest absolute Gasteiger partial charge is 0.227 e. The van der Waals surface area contributed by atoms with Gasteiger partial charge >= 0.3 is 0 Å². The molecule has 3 aromatic carbocycles. The number of imidazole rings is 1. The number of aromatic nitrogens is 2. The maximum absolute atomic E-state index is 12.9. The molecule has 2 heterocycles. The van der Waals surface area contributed by atoms with E-state index in [1.54, 1.807) is 0 Å². The third-order valence-corrected chi connectivity index (χ3v) is 7.02. The normalized spacial score (nSPS) is 15.9. The van der Waals surface area contributed by atoms with Crippen molar-refractivity contribution in [2.45, 2.75) is 38.6 Å². The highest BCUT2D eigenvalue weighted by molar-refractivity contribution is 9.10. The Labute approximate surface area is 208 Å². The van der Waals surface area contributed by atoms with Crippen LogP contribution in [0.25, 0.3) is 11.0 Å². The van der Waals surface area contributed by atoms with E-state index in [0.29, 0.717) is 19.6 Å². The molecule has 1 aliphatic heterocycles. The zero-order valence-electron chi connectivity index (χ0n) is 19.3. The predicted molar refractivity (Wildman–Crippen MR) is 139 cm³/mol. The molecule has 1 aliphatic rings. The molecule has 5 rings (SSSR count). The van der Waals surface area contributed by atoms with Crippen molar-refractivity contribution in [3.63, 3.8) is 0 Å². The maximum atomic E-state index is 12.9. The van der Waals surface area contributed by atoms with Crippen LogP contribution in [-0.4, -0.2) is 28.6 Å². The summed E-state index contributed by atoms with van der Waals surface area (Å²) in [5.74, 6) is 2.13. The Bertz CT molecular complexity index is 1320. The fraction of sp³-hybridized carbons (Fsp3) is 0.286. The van der Waals surface area contributed by atoms with E-state index in [4.69, 9.17) is 9.72 Å². The lowest BCUT2D eigenvalue weighted by Gasteiger charge is -2.18. The average Bonchev–Trinajstić information content (AvgIpc) is 3.40. The Hall–Kier alpha value is -3.12. The number of benzene rings is 3. The number of amides is 1. The largest absolute Gasteiger partial charge is 0.494 e. The van der Waals surface area contributed by atoms with Crippen LogP contribution in [0.5, 0.6) is 5.75 Å². The summed E-state index contributed by atoms with van der Waals surface area (Å²) in [6.45, 7) is 4.25. The molecule has 0 aliphatic carbocycles. The lowest BCUT2D eigenvalue weighted by atomic mass is 10.1. The summed E-state index contributed by atoms with van der Waals surface area (Å²) in [7, 11) is 0. The molecule has 1 saturated heterocycles. The minimum atomic E-state index is 0.0653. The number of aryl methyl sites for hydroxylation is 2. The number of rotatable bonds is 8. The molecule has 1 amide bonds. The number of fused-ring (bicyclic) bond motifs is 1. The highest BCUT2D eigenvalue weighted by Gasteiger charge is 2.35. The second-order valence-electron chi connectivity index (χ2n) is 8.84. The Balaban J connectivity index is 1.30. The summed E-state index contributed by atoms with van der Waals surface area (Å²) in [5, 5.41) is 0. The number of halogens is 1. The van der Waals surface area contributed by atoms with E-state index in [2.05, 4.69) is 57.8 Å². The zero-order chi connectivity index (χ0) is 23.5. The molecule has 5 nitrogen and oxygen atoms in total. The van der Waals surface area contributed by atoms with Gasteiger partial charge in [-0.05, 0) is 77.7 Å². The maximum Gasteiger partial charge on any atom is 0.227 e. The number of anilines is 1. The molecule has 174 valence electrons. The SMILES string of the molecule is Cc1cccc(OCCCCn2c(C3CC(=O)N(c4ccccc4Br)C3)nc3ccccc32)c1. The van der Waals surface area contributed by atoms with Gasteiger partial charge in [-0.2, -0.15) is 0 Å². The fourth-order valence-corrected chi connectivity index (χ4v) is 5.19. The molecular formula is C28H28BrN3O2. The second kappa shape index (κ2) is 10.0. The molecule has 0 spiro atoms. The predicted octanol–water partition coefficient (Wildman–Crippen LogP) is 6.49. The number of carbonyl (C=O) groups is 1. The second-order valence-corrected chi connectivity index (χ2v) is 9.69. The molecule has 1 unspecified atom stereocenters. The van der Waals surface area contributed by atoms with E-state index >= 15 is 0 Å². The van der Waals surface area contributed by atoms with Crippen molar-refractivity contribution >= 4 is 38.6 Å². The third-order valence-electron chi connectivity index (χ3n) is 6.35. The summed E-state index contributed by atoms with van der Waals surface area (Å²) in [4.78, 5) is 19.8. The van der Waals surface area contributed by atoms with Crippen LogP contribution < -0.4 is 9.64 Å². The van der Waals surface area contributed by atoms with Crippen molar-refractivity contribution in [1.82, 2.24) is 9.55 Å². The van der Waals surface area contributed by atoms with Crippen molar-refractivity contribution in [2.24, 2.45) is 0 Å². The van der Waals surface area contributed by atoms with Crippen LogP contribution in [0, 0.1) is 6.92 Å². The Morgan fingerprint density at radius 2 is 1.85 bits per heavy atom. The van der Waals surface area contributed by atoms with E-state index in [1.807, 2.05) is 47.4 Å². The van der Waals surface area contributed by atoms with Gasteiger partial charge in [-0.3, -0.25) is 4.79 Å². The molecule has 0 bridgehead atoms. The van der Waals surface area contributed by atoms with E-state index in [1.165, 1.54) is 5.56 Å². The molecule has 4 aromatic rings. The van der Waals surface area contributed by atoms with Crippen LogP contribution in [0.1, 0.15) is 36.6 Å². The van der Waals surface area contributed by atoms with Crippen LogP contribution in [0.15, 0.2) is 77.3 Å². The van der Waals surface area contributed by atoms with Gasteiger partial charge in [-0.15, -0.1) is 0 Å². The number of para-hydroxylation sites is 3. The van der Waals surface area contributed by atoms with Gasteiger partial charge in [0.1, 0.15) is 11.6 Å². The van der Waals surface area contributed by atoms with Gasteiger partial charge in [0.2, 0.25) is 5.91 Å². The van der Waals surface area contributed by atoms with Gasteiger partial charge in [0.05, 0.1) is 23.3 Å². The number of ether oxygens (including phenoxy) is 1. The van der Waals surface area contributed by atoms with E-state index in [0.717, 1.165) is 52.2 Å². The van der Waals surface area contributed by atoms with Gasteiger partial charge in [0, 0.05) is 29.9 Å². The highest BCUT2D eigenvalue weighted by Crippen LogP contribution is 2.36. The molecule has 0 radical (unpaired) electrons. The molecular weight excluding hydrogens is 490 g/mol. The Morgan fingerprint density at radius 3 is 2.71 bits per heavy atom. The number of carbonyl (C=O) groups excluding carboxylic acids is 1. The molecule has 1 atom stereocenters. The standard InChI is InChI=1S/C28H28BrN3O2/c1-20-9-8-10-22(17-20)34-16-7-6-15-31-26-14-5-3-12-24(26)30-28(31)21-18-27(33)32(19-21)25-13-4-2-11-23(25)29/h2-5,8-14,17,21H,6-7,15-16,18-19H2,1H3. The number of hydrogen-bond donors (Lipinski definition) is 0.